The molecule has 6 nitrogen and oxygen atoms in total. The summed E-state index contributed by atoms with van der Waals surface area (Å²) in [7, 11) is 0. The van der Waals surface area contributed by atoms with Crippen molar-refractivity contribution >= 4 is 0 Å². The second-order valence-corrected chi connectivity index (χ2v) is 6.07. The van der Waals surface area contributed by atoms with E-state index in [0.717, 1.165) is 44.7 Å². The normalized spacial score (nSPS) is 16.8. The molecule has 1 aromatic heterocycles. The van der Waals surface area contributed by atoms with E-state index in [2.05, 4.69) is 39.0 Å². The van der Waals surface area contributed by atoms with Gasteiger partial charge < -0.3 is 14.5 Å². The van der Waals surface area contributed by atoms with Crippen molar-refractivity contribution in [1.82, 2.24) is 19.9 Å². The number of aliphatic hydroxyl groups is 1. The van der Waals surface area contributed by atoms with Gasteiger partial charge in [-0.05, 0) is 13.3 Å². The molecule has 2 heterocycles. The van der Waals surface area contributed by atoms with Crippen molar-refractivity contribution in [3.05, 3.63) is 35.7 Å². The van der Waals surface area contributed by atoms with E-state index in [0.29, 0.717) is 18.3 Å². The summed E-state index contributed by atoms with van der Waals surface area (Å²) >= 11 is 0. The fourth-order valence-corrected chi connectivity index (χ4v) is 2.80. The van der Waals surface area contributed by atoms with Crippen LogP contribution in [-0.4, -0.2) is 64.4 Å². The van der Waals surface area contributed by atoms with Gasteiger partial charge in [0.2, 0.25) is 11.7 Å². The first-order chi connectivity index (χ1) is 11.2. The Kier molecular flexibility index (Phi) is 5.38. The fourth-order valence-electron chi connectivity index (χ4n) is 2.80. The Balaban J connectivity index is 1.53. The van der Waals surface area contributed by atoms with Crippen LogP contribution in [-0.2, 0) is 6.54 Å². The second-order valence-electron chi connectivity index (χ2n) is 6.07. The van der Waals surface area contributed by atoms with Gasteiger partial charge in [0.05, 0.1) is 6.54 Å². The van der Waals surface area contributed by atoms with Crippen LogP contribution >= 0.6 is 0 Å². The number of hydrogen-bond donors (Lipinski definition) is 1. The Labute approximate surface area is 136 Å². The van der Waals surface area contributed by atoms with Gasteiger partial charge in [0, 0.05) is 44.9 Å². The van der Waals surface area contributed by atoms with Gasteiger partial charge in [0.1, 0.15) is 0 Å². The maximum Gasteiger partial charge on any atom is 0.241 e. The Hall–Kier alpha value is -1.76. The largest absolute Gasteiger partial charge is 0.396 e. The third-order valence-corrected chi connectivity index (χ3v) is 4.23. The summed E-state index contributed by atoms with van der Waals surface area (Å²) in [6.45, 7) is 8.05. The lowest BCUT2D eigenvalue weighted by atomic mass is 10.1. The number of benzene rings is 1. The summed E-state index contributed by atoms with van der Waals surface area (Å²) in [5.41, 5.74) is 2.20. The predicted molar refractivity (Wildman–Crippen MR) is 87.9 cm³/mol. The summed E-state index contributed by atoms with van der Waals surface area (Å²) in [5, 5.41) is 13.0. The molecular formula is C17H24N4O2. The Morgan fingerprint density at radius 2 is 1.78 bits per heavy atom. The highest BCUT2D eigenvalue weighted by Crippen LogP contribution is 2.17. The summed E-state index contributed by atoms with van der Waals surface area (Å²) in [6, 6.07) is 8.14. The zero-order chi connectivity index (χ0) is 16.1. The number of nitrogens with zero attached hydrogens (tertiary/aromatic N) is 4. The van der Waals surface area contributed by atoms with Crippen molar-refractivity contribution < 1.29 is 9.63 Å². The van der Waals surface area contributed by atoms with Crippen molar-refractivity contribution in [3.63, 3.8) is 0 Å². The molecule has 0 saturated carbocycles. The molecule has 1 saturated heterocycles. The minimum Gasteiger partial charge on any atom is -0.396 e. The molecule has 0 atom stereocenters. The summed E-state index contributed by atoms with van der Waals surface area (Å²) in [5.74, 6) is 1.32. The molecule has 0 unspecified atom stereocenters. The average Bonchev–Trinajstić information content (AvgIpc) is 3.03. The Bertz CT molecular complexity index is 603. The molecule has 23 heavy (non-hydrogen) atoms. The molecule has 1 fully saturated rings. The van der Waals surface area contributed by atoms with Crippen LogP contribution in [0.4, 0.5) is 0 Å². The van der Waals surface area contributed by atoms with Gasteiger partial charge in [-0.1, -0.05) is 35.0 Å². The second kappa shape index (κ2) is 7.68. The molecular weight excluding hydrogens is 292 g/mol. The lowest BCUT2D eigenvalue weighted by molar-refractivity contribution is 0.111. The van der Waals surface area contributed by atoms with Crippen molar-refractivity contribution in [2.24, 2.45) is 0 Å². The van der Waals surface area contributed by atoms with E-state index >= 15 is 0 Å². The number of rotatable bonds is 6. The van der Waals surface area contributed by atoms with Crippen molar-refractivity contribution in [1.29, 1.82) is 0 Å². The molecule has 0 bridgehead atoms. The predicted octanol–water partition coefficient (Wildman–Crippen LogP) is 1.55. The number of hydrogen-bond acceptors (Lipinski definition) is 6. The summed E-state index contributed by atoms with van der Waals surface area (Å²) in [4.78, 5) is 9.23. The lowest BCUT2D eigenvalue weighted by Crippen LogP contribution is -2.46. The first kappa shape index (κ1) is 16.1. The van der Waals surface area contributed by atoms with E-state index < -0.39 is 0 Å². The third kappa shape index (κ3) is 4.37. The number of aryl methyl sites for hydroxylation is 1. The summed E-state index contributed by atoms with van der Waals surface area (Å²) in [6.07, 6.45) is 0.851. The van der Waals surface area contributed by atoms with Crippen LogP contribution in [0.15, 0.2) is 28.8 Å². The van der Waals surface area contributed by atoms with E-state index in [9.17, 15) is 0 Å². The molecule has 1 N–H and O–H groups in total. The molecule has 2 aromatic rings. The van der Waals surface area contributed by atoms with Gasteiger partial charge in [-0.25, -0.2) is 0 Å². The van der Waals surface area contributed by atoms with E-state index in [1.807, 2.05) is 12.1 Å². The van der Waals surface area contributed by atoms with E-state index in [1.54, 1.807) is 0 Å². The van der Waals surface area contributed by atoms with Crippen molar-refractivity contribution in [3.8, 4) is 11.4 Å². The first-order valence-corrected chi connectivity index (χ1v) is 8.20. The van der Waals surface area contributed by atoms with Gasteiger partial charge in [-0.15, -0.1) is 0 Å². The van der Waals surface area contributed by atoms with Crippen molar-refractivity contribution in [2.75, 3.05) is 39.3 Å². The fraction of sp³-hybridized carbons (Fsp3) is 0.529. The van der Waals surface area contributed by atoms with E-state index in [-0.39, 0.29) is 6.61 Å². The molecule has 0 aliphatic carbocycles. The van der Waals surface area contributed by atoms with Crippen LogP contribution in [0.2, 0.25) is 0 Å². The zero-order valence-corrected chi connectivity index (χ0v) is 13.6. The molecule has 1 aliphatic rings. The monoisotopic (exact) mass is 316 g/mol. The first-order valence-electron chi connectivity index (χ1n) is 8.20. The van der Waals surface area contributed by atoms with Crippen LogP contribution in [0.3, 0.4) is 0 Å². The lowest BCUT2D eigenvalue weighted by Gasteiger charge is -2.33. The third-order valence-electron chi connectivity index (χ3n) is 4.23. The molecule has 124 valence electrons. The van der Waals surface area contributed by atoms with E-state index in [1.165, 1.54) is 5.56 Å². The van der Waals surface area contributed by atoms with Crippen LogP contribution in [0.1, 0.15) is 17.9 Å². The maximum absolute atomic E-state index is 8.89. The minimum absolute atomic E-state index is 0.268. The van der Waals surface area contributed by atoms with Gasteiger partial charge in [-0.2, -0.15) is 4.98 Å². The minimum atomic E-state index is 0.268. The van der Waals surface area contributed by atoms with Crippen LogP contribution < -0.4 is 0 Å². The van der Waals surface area contributed by atoms with Gasteiger partial charge >= 0.3 is 0 Å². The molecule has 0 spiro atoms. The maximum atomic E-state index is 8.89. The molecule has 3 rings (SSSR count). The Morgan fingerprint density at radius 1 is 1.09 bits per heavy atom. The van der Waals surface area contributed by atoms with Gasteiger partial charge in [0.15, 0.2) is 0 Å². The standard InChI is InChI=1S/C17H24N4O2/c1-14-3-5-15(6-4-14)17-18-16(23-19-17)13-21-10-8-20(9-11-21)7-2-12-22/h3-6,22H,2,7-13H2,1H3. The zero-order valence-electron chi connectivity index (χ0n) is 13.6. The smallest absolute Gasteiger partial charge is 0.241 e. The van der Waals surface area contributed by atoms with Gasteiger partial charge in [-0.3, -0.25) is 4.90 Å². The number of aliphatic hydroxyl groups excluding tert-OH is 1. The number of aromatic nitrogens is 2. The molecule has 0 radical (unpaired) electrons. The van der Waals surface area contributed by atoms with Gasteiger partial charge in [0.25, 0.3) is 0 Å². The Morgan fingerprint density at radius 3 is 2.48 bits per heavy atom. The van der Waals surface area contributed by atoms with Crippen molar-refractivity contribution in [2.45, 2.75) is 19.9 Å². The molecule has 1 aliphatic heterocycles. The highest BCUT2D eigenvalue weighted by molar-refractivity contribution is 5.54. The van der Waals surface area contributed by atoms with E-state index in [4.69, 9.17) is 9.63 Å². The van der Waals surface area contributed by atoms with Crippen LogP contribution in [0.25, 0.3) is 11.4 Å². The average molecular weight is 316 g/mol. The molecule has 0 amide bonds. The highest BCUT2D eigenvalue weighted by atomic mass is 16.5. The topological polar surface area (TPSA) is 65.6 Å². The SMILES string of the molecule is Cc1ccc(-c2noc(CN3CCN(CCCO)CC3)n2)cc1. The molecule has 1 aromatic carbocycles. The quantitative estimate of drug-likeness (QED) is 0.872. The molecule has 6 heteroatoms. The van der Waals surface area contributed by atoms with Crippen LogP contribution in [0, 0.1) is 6.92 Å². The van der Waals surface area contributed by atoms with Crippen LogP contribution in [0.5, 0.6) is 0 Å². The summed E-state index contributed by atoms with van der Waals surface area (Å²) < 4.78 is 5.39. The highest BCUT2D eigenvalue weighted by Gasteiger charge is 2.19. The number of piperazine rings is 1.